The van der Waals surface area contributed by atoms with Gasteiger partial charge in [-0.2, -0.15) is 0 Å². The minimum atomic E-state index is -0.0805. The first-order chi connectivity index (χ1) is 14.6. The molecule has 0 saturated carbocycles. The molecule has 1 amide bonds. The molecule has 0 radical (unpaired) electrons. The van der Waals surface area contributed by atoms with Crippen LogP contribution in [0.3, 0.4) is 0 Å². The van der Waals surface area contributed by atoms with Crippen molar-refractivity contribution >= 4 is 11.7 Å². The first kappa shape index (κ1) is 20.2. The molecule has 1 saturated heterocycles. The van der Waals surface area contributed by atoms with E-state index < -0.39 is 0 Å². The van der Waals surface area contributed by atoms with Crippen LogP contribution >= 0.6 is 0 Å². The second kappa shape index (κ2) is 9.13. The van der Waals surface area contributed by atoms with Crippen LogP contribution in [0.1, 0.15) is 27.9 Å². The molecule has 3 aromatic rings. The molecule has 3 heterocycles. The summed E-state index contributed by atoms with van der Waals surface area (Å²) in [6.07, 6.45) is 6.99. The summed E-state index contributed by atoms with van der Waals surface area (Å²) in [5.41, 5.74) is 3.79. The van der Waals surface area contributed by atoms with Gasteiger partial charge in [0.05, 0.1) is 0 Å². The van der Waals surface area contributed by atoms with Gasteiger partial charge < -0.3 is 19.7 Å². The molecular formula is C24H29N5O. The molecule has 4 rings (SSSR count). The normalized spacial score (nSPS) is 15.1. The Morgan fingerprint density at radius 1 is 1.07 bits per heavy atom. The van der Waals surface area contributed by atoms with Crippen LogP contribution in [-0.4, -0.2) is 53.6 Å². The molecule has 0 spiro atoms. The molecule has 30 heavy (non-hydrogen) atoms. The number of hydrogen-bond acceptors (Lipinski definition) is 4. The number of nitrogens with zero attached hydrogens (tertiary/aromatic N) is 4. The summed E-state index contributed by atoms with van der Waals surface area (Å²) in [6.45, 7) is 6.72. The van der Waals surface area contributed by atoms with E-state index in [-0.39, 0.29) is 5.91 Å². The van der Waals surface area contributed by atoms with E-state index in [2.05, 4.69) is 39.3 Å². The van der Waals surface area contributed by atoms with E-state index in [1.807, 2.05) is 60.4 Å². The minimum Gasteiger partial charge on any atom is -0.355 e. The summed E-state index contributed by atoms with van der Waals surface area (Å²) in [6, 6.07) is 13.9. The van der Waals surface area contributed by atoms with E-state index in [1.54, 1.807) is 0 Å². The van der Waals surface area contributed by atoms with Crippen LogP contribution < -0.4 is 10.2 Å². The molecule has 0 aliphatic carbocycles. The molecule has 1 N–H and O–H groups in total. The Morgan fingerprint density at radius 3 is 2.67 bits per heavy atom. The topological polar surface area (TPSA) is 53.4 Å². The van der Waals surface area contributed by atoms with E-state index in [9.17, 15) is 4.79 Å². The SMILES string of the molecule is Cc1ccc(C(=O)NCc2ccc(N3CCCN(C)CC3)nc2)cc1-n1cccc1. The van der Waals surface area contributed by atoms with Crippen LogP contribution in [0, 0.1) is 6.92 Å². The van der Waals surface area contributed by atoms with Gasteiger partial charge in [0, 0.05) is 56.0 Å². The van der Waals surface area contributed by atoms with Crippen LogP contribution in [0.15, 0.2) is 61.1 Å². The van der Waals surface area contributed by atoms with Crippen LogP contribution in [0.2, 0.25) is 0 Å². The molecule has 1 fully saturated rings. The summed E-state index contributed by atoms with van der Waals surface area (Å²) in [5.74, 6) is 0.929. The Balaban J connectivity index is 1.38. The maximum absolute atomic E-state index is 12.7. The van der Waals surface area contributed by atoms with E-state index in [4.69, 9.17) is 0 Å². The molecule has 1 aromatic carbocycles. The monoisotopic (exact) mass is 403 g/mol. The van der Waals surface area contributed by atoms with Crippen molar-refractivity contribution in [3.8, 4) is 5.69 Å². The fourth-order valence-electron chi connectivity index (χ4n) is 3.79. The molecule has 0 atom stereocenters. The van der Waals surface area contributed by atoms with Gasteiger partial charge in [-0.05, 0) is 68.4 Å². The van der Waals surface area contributed by atoms with Gasteiger partial charge in [-0.25, -0.2) is 4.98 Å². The maximum Gasteiger partial charge on any atom is 0.251 e. The van der Waals surface area contributed by atoms with Crippen molar-refractivity contribution in [3.05, 3.63) is 77.7 Å². The lowest BCUT2D eigenvalue weighted by atomic mass is 10.1. The van der Waals surface area contributed by atoms with Crippen molar-refractivity contribution in [2.75, 3.05) is 38.1 Å². The van der Waals surface area contributed by atoms with Crippen molar-refractivity contribution in [3.63, 3.8) is 0 Å². The lowest BCUT2D eigenvalue weighted by Gasteiger charge is -2.21. The third-order valence-electron chi connectivity index (χ3n) is 5.66. The number of nitrogens with one attached hydrogen (secondary N) is 1. The Morgan fingerprint density at radius 2 is 1.90 bits per heavy atom. The number of rotatable bonds is 5. The number of aromatic nitrogens is 2. The minimum absolute atomic E-state index is 0.0805. The third-order valence-corrected chi connectivity index (χ3v) is 5.66. The molecule has 6 heteroatoms. The highest BCUT2D eigenvalue weighted by atomic mass is 16.1. The fraction of sp³-hybridized carbons (Fsp3) is 0.333. The second-order valence-electron chi connectivity index (χ2n) is 7.94. The number of aryl methyl sites for hydroxylation is 1. The van der Waals surface area contributed by atoms with Crippen LogP contribution in [0.25, 0.3) is 5.69 Å². The van der Waals surface area contributed by atoms with Gasteiger partial charge >= 0.3 is 0 Å². The van der Waals surface area contributed by atoms with Gasteiger partial charge in [-0.3, -0.25) is 4.79 Å². The van der Waals surface area contributed by atoms with Crippen molar-refractivity contribution in [1.29, 1.82) is 0 Å². The van der Waals surface area contributed by atoms with E-state index in [0.717, 1.165) is 55.2 Å². The molecule has 1 aliphatic heterocycles. The number of likely N-dealkylation sites (N-methyl/N-ethyl adjacent to an activating group) is 1. The van der Waals surface area contributed by atoms with Crippen molar-refractivity contribution < 1.29 is 4.79 Å². The van der Waals surface area contributed by atoms with Crippen LogP contribution in [-0.2, 0) is 6.54 Å². The Labute approximate surface area is 178 Å². The predicted octanol–water partition coefficient (Wildman–Crippen LogP) is 3.25. The van der Waals surface area contributed by atoms with Crippen molar-refractivity contribution in [2.24, 2.45) is 0 Å². The van der Waals surface area contributed by atoms with E-state index in [1.165, 1.54) is 0 Å². The lowest BCUT2D eigenvalue weighted by Crippen LogP contribution is -2.29. The Hall–Kier alpha value is -3.12. The van der Waals surface area contributed by atoms with Crippen molar-refractivity contribution in [2.45, 2.75) is 19.9 Å². The zero-order valence-electron chi connectivity index (χ0n) is 17.7. The van der Waals surface area contributed by atoms with Gasteiger partial charge in [0.15, 0.2) is 0 Å². The molecule has 6 nitrogen and oxygen atoms in total. The summed E-state index contributed by atoms with van der Waals surface area (Å²) >= 11 is 0. The number of carbonyl (C=O) groups is 1. The maximum atomic E-state index is 12.7. The Bertz CT molecular complexity index is 981. The number of hydrogen-bond donors (Lipinski definition) is 1. The van der Waals surface area contributed by atoms with Gasteiger partial charge in [0.1, 0.15) is 5.82 Å². The zero-order chi connectivity index (χ0) is 20.9. The number of amides is 1. The molecule has 0 bridgehead atoms. The fourth-order valence-corrected chi connectivity index (χ4v) is 3.79. The van der Waals surface area contributed by atoms with Crippen molar-refractivity contribution in [1.82, 2.24) is 19.8 Å². The standard InChI is InChI=1S/C24H29N5O/c1-19-6-8-21(16-22(19)28-11-3-4-12-28)24(30)26-18-20-7-9-23(25-17-20)29-13-5-10-27(2)14-15-29/h3-4,6-9,11-12,16-17H,5,10,13-15,18H2,1-2H3,(H,26,30). The first-order valence-electron chi connectivity index (χ1n) is 10.5. The average Bonchev–Trinajstić information content (AvgIpc) is 3.21. The first-order valence-corrected chi connectivity index (χ1v) is 10.5. The number of pyridine rings is 1. The molecule has 2 aromatic heterocycles. The van der Waals surface area contributed by atoms with E-state index in [0.29, 0.717) is 12.1 Å². The van der Waals surface area contributed by atoms with Gasteiger partial charge in [0.25, 0.3) is 5.91 Å². The van der Waals surface area contributed by atoms with Gasteiger partial charge in [-0.15, -0.1) is 0 Å². The number of carbonyl (C=O) groups excluding carboxylic acids is 1. The van der Waals surface area contributed by atoms with Gasteiger partial charge in [0.2, 0.25) is 0 Å². The van der Waals surface area contributed by atoms with Crippen LogP contribution in [0.5, 0.6) is 0 Å². The summed E-state index contributed by atoms with van der Waals surface area (Å²) in [7, 11) is 2.16. The quantitative estimate of drug-likeness (QED) is 0.711. The molecule has 156 valence electrons. The molecular weight excluding hydrogens is 374 g/mol. The Kier molecular flexibility index (Phi) is 6.14. The largest absolute Gasteiger partial charge is 0.355 e. The lowest BCUT2D eigenvalue weighted by molar-refractivity contribution is 0.0951. The zero-order valence-corrected chi connectivity index (χ0v) is 17.7. The van der Waals surface area contributed by atoms with Crippen LogP contribution in [0.4, 0.5) is 5.82 Å². The summed E-state index contributed by atoms with van der Waals surface area (Å²) in [4.78, 5) is 22.0. The predicted molar refractivity (Wildman–Crippen MR) is 120 cm³/mol. The highest BCUT2D eigenvalue weighted by Gasteiger charge is 2.14. The highest BCUT2D eigenvalue weighted by Crippen LogP contribution is 2.17. The van der Waals surface area contributed by atoms with Gasteiger partial charge in [-0.1, -0.05) is 12.1 Å². The average molecular weight is 404 g/mol. The number of benzene rings is 1. The smallest absolute Gasteiger partial charge is 0.251 e. The summed E-state index contributed by atoms with van der Waals surface area (Å²) < 4.78 is 2.02. The number of anilines is 1. The highest BCUT2D eigenvalue weighted by molar-refractivity contribution is 5.94. The second-order valence-corrected chi connectivity index (χ2v) is 7.94. The summed E-state index contributed by atoms with van der Waals surface area (Å²) in [5, 5.41) is 3.01. The molecule has 0 unspecified atom stereocenters. The third kappa shape index (κ3) is 4.71. The molecule has 1 aliphatic rings. The van der Waals surface area contributed by atoms with E-state index >= 15 is 0 Å².